The van der Waals surface area contributed by atoms with Crippen LogP contribution < -0.4 is 4.72 Å². The monoisotopic (exact) mass is 308 g/mol. The van der Waals surface area contributed by atoms with Gasteiger partial charge in [0.15, 0.2) is 5.03 Å². The Hall–Kier alpha value is -2.35. The minimum absolute atomic E-state index is 0.0281. The zero-order chi connectivity index (χ0) is 15.6. The van der Waals surface area contributed by atoms with Gasteiger partial charge in [-0.05, 0) is 31.5 Å². The molecule has 2 rings (SSSR count). The first kappa shape index (κ1) is 15.0. The highest BCUT2D eigenvalue weighted by Crippen LogP contribution is 2.16. The maximum Gasteiger partial charge on any atom is 0.280 e. The number of imidazole rings is 1. The maximum absolute atomic E-state index is 12.2. The van der Waals surface area contributed by atoms with Crippen molar-refractivity contribution in [3.05, 3.63) is 41.9 Å². The molecule has 1 heterocycles. The molecule has 0 amide bonds. The molecule has 2 N–H and O–H groups in total. The summed E-state index contributed by atoms with van der Waals surface area (Å²) in [6, 6.07) is 6.52. The summed E-state index contributed by atoms with van der Waals surface area (Å²) < 4.78 is 28.5. The van der Waals surface area contributed by atoms with Crippen molar-refractivity contribution in [3.8, 4) is 0 Å². The first-order valence-electron chi connectivity index (χ1n) is 6.15. The van der Waals surface area contributed by atoms with Gasteiger partial charge in [0.05, 0.1) is 5.71 Å². The third-order valence-electron chi connectivity index (χ3n) is 3.07. The predicted molar refractivity (Wildman–Crippen MR) is 79.2 cm³/mol. The molecule has 21 heavy (non-hydrogen) atoms. The van der Waals surface area contributed by atoms with Crippen LogP contribution in [0.15, 0.2) is 40.6 Å². The Morgan fingerprint density at radius 2 is 1.95 bits per heavy atom. The summed E-state index contributed by atoms with van der Waals surface area (Å²) in [4.78, 5) is 4.00. The zero-order valence-electron chi connectivity index (χ0n) is 11.9. The van der Waals surface area contributed by atoms with Crippen LogP contribution in [0.5, 0.6) is 0 Å². The van der Waals surface area contributed by atoms with Crippen molar-refractivity contribution in [1.82, 2.24) is 9.55 Å². The molecule has 0 aliphatic carbocycles. The van der Waals surface area contributed by atoms with Crippen LogP contribution >= 0.6 is 0 Å². The highest BCUT2D eigenvalue weighted by atomic mass is 32.2. The molecule has 0 aliphatic heterocycles. The highest BCUT2D eigenvalue weighted by molar-refractivity contribution is 7.92. The van der Waals surface area contributed by atoms with E-state index in [1.807, 2.05) is 0 Å². The fourth-order valence-electron chi connectivity index (χ4n) is 1.70. The van der Waals surface area contributed by atoms with Crippen LogP contribution in [0.25, 0.3) is 0 Å². The van der Waals surface area contributed by atoms with E-state index >= 15 is 0 Å². The number of anilines is 1. The van der Waals surface area contributed by atoms with Gasteiger partial charge in [-0.25, -0.2) is 4.98 Å². The number of sulfonamides is 1. The molecule has 0 saturated heterocycles. The van der Waals surface area contributed by atoms with E-state index in [2.05, 4.69) is 14.9 Å². The molecular weight excluding hydrogens is 292 g/mol. The first-order chi connectivity index (χ1) is 9.83. The van der Waals surface area contributed by atoms with Crippen molar-refractivity contribution in [3.63, 3.8) is 0 Å². The van der Waals surface area contributed by atoms with Gasteiger partial charge >= 0.3 is 0 Å². The van der Waals surface area contributed by atoms with Crippen LogP contribution in [0.3, 0.4) is 0 Å². The molecular formula is C13H16N4O3S. The Balaban J connectivity index is 2.25. The van der Waals surface area contributed by atoms with Gasteiger partial charge in [0.2, 0.25) is 0 Å². The lowest BCUT2D eigenvalue weighted by atomic mass is 10.1. The van der Waals surface area contributed by atoms with E-state index in [-0.39, 0.29) is 5.03 Å². The van der Waals surface area contributed by atoms with E-state index in [0.29, 0.717) is 22.8 Å². The Labute approximate surface area is 123 Å². The van der Waals surface area contributed by atoms with Gasteiger partial charge in [-0.1, -0.05) is 17.3 Å². The molecule has 112 valence electrons. The molecule has 2 aromatic rings. The van der Waals surface area contributed by atoms with Crippen molar-refractivity contribution in [2.24, 2.45) is 12.2 Å². The Kier molecular flexibility index (Phi) is 3.99. The van der Waals surface area contributed by atoms with Crippen molar-refractivity contribution >= 4 is 21.4 Å². The number of oxime groups is 1. The molecule has 0 fully saturated rings. The van der Waals surface area contributed by atoms with Gasteiger partial charge in [0, 0.05) is 18.9 Å². The molecule has 7 nitrogen and oxygen atoms in total. The number of benzene rings is 1. The quantitative estimate of drug-likeness (QED) is 0.510. The van der Waals surface area contributed by atoms with Crippen LogP contribution in [0.2, 0.25) is 0 Å². The SMILES string of the molecule is CC(=NO)c1ccc(NS(=O)(=O)c2cn(C)c(C)n2)cc1. The van der Waals surface area contributed by atoms with Gasteiger partial charge in [-0.15, -0.1) is 0 Å². The summed E-state index contributed by atoms with van der Waals surface area (Å²) in [6.45, 7) is 3.38. The Morgan fingerprint density at radius 3 is 2.43 bits per heavy atom. The molecule has 8 heteroatoms. The number of rotatable bonds is 4. The second-order valence-corrected chi connectivity index (χ2v) is 6.23. The lowest BCUT2D eigenvalue weighted by Crippen LogP contribution is -2.13. The summed E-state index contributed by atoms with van der Waals surface area (Å²) in [5, 5.41) is 11.7. The van der Waals surface area contributed by atoms with Crippen LogP contribution in [0.4, 0.5) is 5.69 Å². The lowest BCUT2D eigenvalue weighted by Gasteiger charge is -2.06. The van der Waals surface area contributed by atoms with Gasteiger partial charge < -0.3 is 9.77 Å². The van der Waals surface area contributed by atoms with Gasteiger partial charge in [-0.3, -0.25) is 4.72 Å². The van der Waals surface area contributed by atoms with Crippen LogP contribution in [0, 0.1) is 6.92 Å². The predicted octanol–water partition coefficient (Wildman–Crippen LogP) is 1.73. The third kappa shape index (κ3) is 3.22. The van der Waals surface area contributed by atoms with E-state index < -0.39 is 10.0 Å². The van der Waals surface area contributed by atoms with Gasteiger partial charge in [-0.2, -0.15) is 8.42 Å². The lowest BCUT2D eigenvalue weighted by molar-refractivity contribution is 0.319. The van der Waals surface area contributed by atoms with Crippen molar-refractivity contribution in [2.45, 2.75) is 18.9 Å². The zero-order valence-corrected chi connectivity index (χ0v) is 12.7. The smallest absolute Gasteiger partial charge is 0.280 e. The summed E-state index contributed by atoms with van der Waals surface area (Å²) >= 11 is 0. The number of hydrogen-bond donors (Lipinski definition) is 2. The number of nitrogens with zero attached hydrogens (tertiary/aromatic N) is 3. The molecule has 0 bridgehead atoms. The molecule has 0 aliphatic rings. The summed E-state index contributed by atoms with van der Waals surface area (Å²) in [5.41, 5.74) is 1.56. The molecule has 1 aromatic heterocycles. The first-order valence-corrected chi connectivity index (χ1v) is 7.63. The average Bonchev–Trinajstić information content (AvgIpc) is 2.79. The topological polar surface area (TPSA) is 96.6 Å². The van der Waals surface area contributed by atoms with Crippen LogP contribution in [0.1, 0.15) is 18.3 Å². The van der Waals surface area contributed by atoms with E-state index in [1.165, 1.54) is 6.20 Å². The van der Waals surface area contributed by atoms with Crippen LogP contribution in [-0.2, 0) is 17.1 Å². The van der Waals surface area contributed by atoms with Crippen molar-refractivity contribution in [1.29, 1.82) is 0 Å². The fourth-order valence-corrected chi connectivity index (χ4v) is 2.80. The molecule has 1 aromatic carbocycles. The molecule has 0 spiro atoms. The normalized spacial score (nSPS) is 12.4. The Morgan fingerprint density at radius 1 is 1.33 bits per heavy atom. The van der Waals surface area contributed by atoms with E-state index in [4.69, 9.17) is 5.21 Å². The second-order valence-electron chi connectivity index (χ2n) is 4.61. The van der Waals surface area contributed by atoms with Gasteiger partial charge in [0.1, 0.15) is 5.82 Å². The average molecular weight is 308 g/mol. The summed E-state index contributed by atoms with van der Waals surface area (Å²) in [6.07, 6.45) is 1.45. The van der Waals surface area contributed by atoms with E-state index in [1.54, 1.807) is 49.7 Å². The minimum Gasteiger partial charge on any atom is -0.411 e. The van der Waals surface area contributed by atoms with Crippen molar-refractivity contribution < 1.29 is 13.6 Å². The molecule has 0 atom stereocenters. The second kappa shape index (κ2) is 5.57. The standard InChI is InChI=1S/C13H16N4O3S/c1-9(15-18)11-4-6-12(7-5-11)16-21(19,20)13-8-17(3)10(2)14-13/h4-8,16,18H,1-3H3. The van der Waals surface area contributed by atoms with Crippen molar-refractivity contribution in [2.75, 3.05) is 4.72 Å². The van der Waals surface area contributed by atoms with E-state index in [0.717, 1.165) is 0 Å². The highest BCUT2D eigenvalue weighted by Gasteiger charge is 2.18. The van der Waals surface area contributed by atoms with Gasteiger partial charge in [0.25, 0.3) is 10.0 Å². The largest absolute Gasteiger partial charge is 0.411 e. The molecule has 0 radical (unpaired) electrons. The molecule has 0 saturated carbocycles. The fraction of sp³-hybridized carbons (Fsp3) is 0.231. The minimum atomic E-state index is -3.72. The number of aryl methyl sites for hydroxylation is 2. The summed E-state index contributed by atoms with van der Waals surface area (Å²) in [7, 11) is -1.99. The molecule has 0 unspecified atom stereocenters. The number of hydrogen-bond acceptors (Lipinski definition) is 5. The summed E-state index contributed by atoms with van der Waals surface area (Å²) in [5.74, 6) is 0.612. The third-order valence-corrected chi connectivity index (χ3v) is 4.32. The Bertz CT molecular complexity index is 757. The van der Waals surface area contributed by atoms with E-state index in [9.17, 15) is 8.42 Å². The van der Waals surface area contributed by atoms with Crippen LogP contribution in [-0.4, -0.2) is 28.9 Å². The number of nitrogens with one attached hydrogen (secondary N) is 1. The number of aromatic nitrogens is 2. The maximum atomic E-state index is 12.2.